The summed E-state index contributed by atoms with van der Waals surface area (Å²) in [6.45, 7) is 0. The molecule has 1 aromatic carbocycles. The van der Waals surface area contributed by atoms with Crippen LogP contribution < -0.4 is 0 Å². The van der Waals surface area contributed by atoms with E-state index in [-0.39, 0.29) is 11.3 Å². The SMILES string of the molecule is N#C[C@H](C(c1ccc([N+](=O)[O-])cc1)[C@H](C#N)[N+](=O)[O-])[N+](=O)[O-]. The van der Waals surface area contributed by atoms with Crippen LogP contribution in [0.5, 0.6) is 0 Å². The van der Waals surface area contributed by atoms with Crippen LogP contribution in [0.2, 0.25) is 0 Å². The molecule has 112 valence electrons. The van der Waals surface area contributed by atoms with E-state index in [9.17, 15) is 30.3 Å². The van der Waals surface area contributed by atoms with Crippen LogP contribution in [0.3, 0.4) is 0 Å². The zero-order valence-corrected chi connectivity index (χ0v) is 10.7. The molecule has 0 aliphatic carbocycles. The first-order chi connectivity index (χ1) is 10.3. The van der Waals surface area contributed by atoms with Crippen LogP contribution in [0.4, 0.5) is 5.69 Å². The van der Waals surface area contributed by atoms with Crippen LogP contribution in [0.15, 0.2) is 24.3 Å². The fourth-order valence-electron chi connectivity index (χ4n) is 1.87. The van der Waals surface area contributed by atoms with Crippen LogP contribution in [-0.2, 0) is 0 Å². The first kappa shape index (κ1) is 16.5. The minimum atomic E-state index is -2.03. The van der Waals surface area contributed by atoms with Gasteiger partial charge in [-0.15, -0.1) is 0 Å². The molecule has 1 rings (SSSR count). The van der Waals surface area contributed by atoms with Gasteiger partial charge in [-0.05, 0) is 5.56 Å². The van der Waals surface area contributed by atoms with Crippen LogP contribution in [0, 0.1) is 53.0 Å². The zero-order chi connectivity index (χ0) is 16.9. The second-order valence-electron chi connectivity index (χ2n) is 4.09. The average Bonchev–Trinajstić information content (AvgIpc) is 2.46. The van der Waals surface area contributed by atoms with Gasteiger partial charge in [0.05, 0.1) is 4.92 Å². The van der Waals surface area contributed by atoms with Crippen molar-refractivity contribution >= 4 is 5.69 Å². The molecule has 0 bridgehead atoms. The maximum atomic E-state index is 10.9. The summed E-state index contributed by atoms with van der Waals surface area (Å²) < 4.78 is 0. The van der Waals surface area contributed by atoms with Crippen molar-refractivity contribution in [2.45, 2.75) is 18.0 Å². The van der Waals surface area contributed by atoms with Gasteiger partial charge in [0.15, 0.2) is 0 Å². The van der Waals surface area contributed by atoms with Gasteiger partial charge in [0.2, 0.25) is 0 Å². The summed E-state index contributed by atoms with van der Waals surface area (Å²) in [4.78, 5) is 29.6. The van der Waals surface area contributed by atoms with Crippen molar-refractivity contribution < 1.29 is 14.8 Å². The predicted molar refractivity (Wildman–Crippen MR) is 68.6 cm³/mol. The van der Waals surface area contributed by atoms with Crippen molar-refractivity contribution in [3.63, 3.8) is 0 Å². The number of hydrogen-bond acceptors (Lipinski definition) is 8. The molecule has 0 aromatic heterocycles. The molecule has 3 atom stereocenters. The third kappa shape index (κ3) is 3.29. The highest BCUT2D eigenvalue weighted by Gasteiger charge is 2.46. The minimum absolute atomic E-state index is 0.0721. The number of nitrogens with zero attached hydrogens (tertiary/aromatic N) is 5. The minimum Gasteiger partial charge on any atom is -0.263 e. The molecule has 1 unspecified atom stereocenters. The van der Waals surface area contributed by atoms with Crippen LogP contribution >= 0.6 is 0 Å². The fraction of sp³-hybridized carbons (Fsp3) is 0.273. The van der Waals surface area contributed by atoms with Gasteiger partial charge >= 0.3 is 12.1 Å². The molecule has 0 N–H and O–H groups in total. The number of hydrogen-bond donors (Lipinski definition) is 0. The molecule has 0 amide bonds. The lowest BCUT2D eigenvalue weighted by molar-refractivity contribution is -0.548. The highest BCUT2D eigenvalue weighted by Crippen LogP contribution is 2.28. The van der Waals surface area contributed by atoms with E-state index >= 15 is 0 Å². The molecule has 0 aliphatic heterocycles. The van der Waals surface area contributed by atoms with Crippen molar-refractivity contribution in [3.8, 4) is 12.1 Å². The molecule has 0 spiro atoms. The lowest BCUT2D eigenvalue weighted by Crippen LogP contribution is -2.37. The first-order valence-electron chi connectivity index (χ1n) is 5.64. The number of non-ortho nitro benzene ring substituents is 1. The average molecular weight is 305 g/mol. The second-order valence-corrected chi connectivity index (χ2v) is 4.09. The highest BCUT2D eigenvalue weighted by atomic mass is 16.6. The Morgan fingerprint density at radius 3 is 1.55 bits per heavy atom. The molecule has 22 heavy (non-hydrogen) atoms. The molecule has 1 aromatic rings. The van der Waals surface area contributed by atoms with Gasteiger partial charge < -0.3 is 0 Å². The monoisotopic (exact) mass is 305 g/mol. The number of rotatable bonds is 6. The number of nitro groups is 3. The lowest BCUT2D eigenvalue weighted by atomic mass is 9.86. The van der Waals surface area contributed by atoms with Gasteiger partial charge in [-0.2, -0.15) is 10.5 Å². The van der Waals surface area contributed by atoms with E-state index < -0.39 is 32.8 Å². The zero-order valence-electron chi connectivity index (χ0n) is 10.7. The molecule has 0 radical (unpaired) electrons. The van der Waals surface area contributed by atoms with Crippen LogP contribution in [0.1, 0.15) is 11.5 Å². The molecule has 0 fully saturated rings. The van der Waals surface area contributed by atoms with E-state index in [1.54, 1.807) is 0 Å². The van der Waals surface area contributed by atoms with E-state index in [4.69, 9.17) is 10.5 Å². The van der Waals surface area contributed by atoms with E-state index in [0.29, 0.717) is 0 Å². The van der Waals surface area contributed by atoms with Crippen molar-refractivity contribution in [2.75, 3.05) is 0 Å². The normalized spacial score (nSPS) is 13.9. The summed E-state index contributed by atoms with van der Waals surface area (Å²) in [6.07, 6.45) is 0. The maximum Gasteiger partial charge on any atom is 0.311 e. The Morgan fingerprint density at radius 2 is 1.27 bits per heavy atom. The summed E-state index contributed by atoms with van der Waals surface area (Å²) in [5.74, 6) is -1.65. The van der Waals surface area contributed by atoms with E-state index in [0.717, 1.165) is 24.3 Å². The second kappa shape index (κ2) is 6.71. The summed E-state index contributed by atoms with van der Waals surface area (Å²) in [5, 5.41) is 50.1. The standard InChI is InChI=1S/C11H7N5O6/c12-5-9(15(19)20)11(10(6-13)16(21)22)7-1-3-8(4-2-7)14(17)18/h1-4,9-11H/t9-,10+,11?. The molecule has 0 heterocycles. The molecule has 0 saturated carbocycles. The topological polar surface area (TPSA) is 177 Å². The fourth-order valence-corrected chi connectivity index (χ4v) is 1.87. The van der Waals surface area contributed by atoms with Gasteiger partial charge in [0, 0.05) is 22.0 Å². The first-order valence-corrected chi connectivity index (χ1v) is 5.64. The largest absolute Gasteiger partial charge is 0.311 e. The smallest absolute Gasteiger partial charge is 0.263 e. The van der Waals surface area contributed by atoms with Gasteiger partial charge in [0.25, 0.3) is 5.69 Å². The van der Waals surface area contributed by atoms with Crippen LogP contribution in [0.25, 0.3) is 0 Å². The van der Waals surface area contributed by atoms with Gasteiger partial charge in [-0.25, -0.2) is 0 Å². The van der Waals surface area contributed by atoms with Crippen molar-refractivity contribution in [1.82, 2.24) is 0 Å². The molecule has 0 saturated heterocycles. The van der Waals surface area contributed by atoms with E-state index in [2.05, 4.69) is 0 Å². The third-order valence-corrected chi connectivity index (χ3v) is 2.89. The Hall–Kier alpha value is -3.60. The summed E-state index contributed by atoms with van der Waals surface area (Å²) >= 11 is 0. The molecular weight excluding hydrogens is 298 g/mol. The Balaban J connectivity index is 3.40. The Morgan fingerprint density at radius 1 is 0.864 bits per heavy atom. The number of benzene rings is 1. The van der Waals surface area contributed by atoms with Gasteiger partial charge in [-0.1, -0.05) is 12.1 Å². The Kier molecular flexibility index (Phi) is 5.02. The maximum absolute atomic E-state index is 10.9. The molecule has 11 nitrogen and oxygen atoms in total. The quantitative estimate of drug-likeness (QED) is 0.551. The number of nitro benzene ring substituents is 1. The van der Waals surface area contributed by atoms with E-state index in [1.165, 1.54) is 12.1 Å². The summed E-state index contributed by atoms with van der Waals surface area (Å²) in [5.41, 5.74) is -0.399. The predicted octanol–water partition coefficient (Wildman–Crippen LogP) is 1.02. The molecule has 11 heteroatoms. The van der Waals surface area contributed by atoms with E-state index in [1.807, 2.05) is 0 Å². The molecule has 0 aliphatic rings. The van der Waals surface area contributed by atoms with Crippen molar-refractivity contribution in [3.05, 3.63) is 60.2 Å². The molecular formula is C11H7N5O6. The number of nitriles is 2. The summed E-state index contributed by atoms with van der Waals surface area (Å²) in [6, 6.07) is 2.68. The van der Waals surface area contributed by atoms with Crippen molar-refractivity contribution in [2.24, 2.45) is 0 Å². The van der Waals surface area contributed by atoms with Crippen molar-refractivity contribution in [1.29, 1.82) is 10.5 Å². The van der Waals surface area contributed by atoms with Gasteiger partial charge in [-0.3, -0.25) is 30.3 Å². The Labute approximate surface area is 122 Å². The Bertz CT molecular complexity index is 656. The summed E-state index contributed by atoms with van der Waals surface area (Å²) in [7, 11) is 0. The third-order valence-electron chi connectivity index (χ3n) is 2.89. The van der Waals surface area contributed by atoms with Crippen LogP contribution in [-0.4, -0.2) is 26.9 Å². The van der Waals surface area contributed by atoms with Gasteiger partial charge in [0.1, 0.15) is 18.1 Å². The highest BCUT2D eigenvalue weighted by molar-refractivity contribution is 5.36. The lowest BCUT2D eigenvalue weighted by Gasteiger charge is -2.16.